The van der Waals surface area contributed by atoms with Crippen molar-refractivity contribution in [2.45, 2.75) is 19.2 Å². The molecule has 106 valence electrons. The molecule has 0 saturated heterocycles. The van der Waals surface area contributed by atoms with Crippen molar-refractivity contribution in [3.63, 3.8) is 0 Å². The molecule has 19 heavy (non-hydrogen) atoms. The summed E-state index contributed by atoms with van der Waals surface area (Å²) in [6.45, 7) is 1.59. The Morgan fingerprint density at radius 1 is 1.47 bits per heavy atom. The molecule has 0 bridgehead atoms. The fourth-order valence-corrected chi connectivity index (χ4v) is 1.44. The molecule has 1 rings (SSSR count). The van der Waals surface area contributed by atoms with Crippen LogP contribution in [-0.4, -0.2) is 23.9 Å². The molecule has 1 aromatic rings. The summed E-state index contributed by atoms with van der Waals surface area (Å²) in [6, 6.07) is 0.980. The number of pyridine rings is 1. The number of ether oxygens (including phenoxy) is 2. The molecule has 1 N–H and O–H groups in total. The molecule has 0 aliphatic rings. The van der Waals surface area contributed by atoms with Crippen LogP contribution in [0.5, 0.6) is 5.75 Å². The predicted octanol–water partition coefficient (Wildman–Crippen LogP) is 2.19. The highest BCUT2D eigenvalue weighted by atomic mass is 35.5. The normalized spacial score (nSPS) is 11.2. The van der Waals surface area contributed by atoms with Crippen LogP contribution in [0.2, 0.25) is 0 Å². The lowest BCUT2D eigenvalue weighted by atomic mass is 10.2. The zero-order valence-electron chi connectivity index (χ0n) is 9.64. The maximum atomic E-state index is 12.1. The first-order chi connectivity index (χ1) is 8.78. The van der Waals surface area contributed by atoms with Gasteiger partial charge in [0, 0.05) is 5.56 Å². The summed E-state index contributed by atoms with van der Waals surface area (Å²) < 4.78 is 44.5. The molecule has 0 aromatic carbocycles. The van der Waals surface area contributed by atoms with Crippen molar-refractivity contribution in [1.29, 1.82) is 0 Å². The second-order valence-electron chi connectivity index (χ2n) is 3.27. The SMILES string of the molecule is CCOC(=O)c1cc(CCl)c(OC(F)(F)F)c(=O)[nH]1. The summed E-state index contributed by atoms with van der Waals surface area (Å²) in [5.41, 5.74) is -1.76. The van der Waals surface area contributed by atoms with Gasteiger partial charge in [0.1, 0.15) is 5.69 Å². The minimum Gasteiger partial charge on any atom is -0.461 e. The molecule has 0 fully saturated rings. The molecule has 1 heterocycles. The Hall–Kier alpha value is -1.70. The maximum Gasteiger partial charge on any atom is 0.573 e. The summed E-state index contributed by atoms with van der Waals surface area (Å²) in [4.78, 5) is 24.8. The lowest BCUT2D eigenvalue weighted by Crippen LogP contribution is -2.25. The van der Waals surface area contributed by atoms with Crippen molar-refractivity contribution in [3.05, 3.63) is 27.7 Å². The van der Waals surface area contributed by atoms with E-state index < -0.39 is 29.5 Å². The topological polar surface area (TPSA) is 68.4 Å². The van der Waals surface area contributed by atoms with Crippen LogP contribution in [0.15, 0.2) is 10.9 Å². The fourth-order valence-electron chi connectivity index (χ4n) is 1.25. The van der Waals surface area contributed by atoms with E-state index in [1.165, 1.54) is 0 Å². The van der Waals surface area contributed by atoms with Gasteiger partial charge in [-0.3, -0.25) is 4.79 Å². The Labute approximate surface area is 110 Å². The number of rotatable bonds is 4. The van der Waals surface area contributed by atoms with Gasteiger partial charge in [-0.2, -0.15) is 0 Å². The highest BCUT2D eigenvalue weighted by Gasteiger charge is 2.33. The molecular weight excluding hydrogens is 291 g/mol. The quantitative estimate of drug-likeness (QED) is 0.683. The average molecular weight is 300 g/mol. The van der Waals surface area contributed by atoms with E-state index in [1.54, 1.807) is 6.92 Å². The van der Waals surface area contributed by atoms with Crippen LogP contribution in [0.3, 0.4) is 0 Å². The van der Waals surface area contributed by atoms with Crippen LogP contribution in [0.25, 0.3) is 0 Å². The van der Waals surface area contributed by atoms with E-state index in [0.29, 0.717) is 0 Å². The second-order valence-corrected chi connectivity index (χ2v) is 3.54. The summed E-state index contributed by atoms with van der Waals surface area (Å²) in [7, 11) is 0. The van der Waals surface area contributed by atoms with Gasteiger partial charge in [0.05, 0.1) is 12.5 Å². The molecule has 1 aromatic heterocycles. The van der Waals surface area contributed by atoms with Gasteiger partial charge in [-0.25, -0.2) is 4.79 Å². The van der Waals surface area contributed by atoms with Crippen LogP contribution in [-0.2, 0) is 10.6 Å². The van der Waals surface area contributed by atoms with Crippen LogP contribution < -0.4 is 10.3 Å². The number of hydrogen-bond acceptors (Lipinski definition) is 4. The third-order valence-corrected chi connectivity index (χ3v) is 2.21. The summed E-state index contributed by atoms with van der Waals surface area (Å²) in [5.74, 6) is -2.29. The lowest BCUT2D eigenvalue weighted by molar-refractivity contribution is -0.275. The summed E-state index contributed by atoms with van der Waals surface area (Å²) in [5, 5.41) is 0. The summed E-state index contributed by atoms with van der Waals surface area (Å²) in [6.07, 6.45) is -5.03. The van der Waals surface area contributed by atoms with Crippen molar-refractivity contribution in [2.24, 2.45) is 0 Å². The van der Waals surface area contributed by atoms with Crippen LogP contribution in [0.1, 0.15) is 23.0 Å². The molecule has 0 aliphatic heterocycles. The zero-order chi connectivity index (χ0) is 14.6. The van der Waals surface area contributed by atoms with E-state index in [-0.39, 0.29) is 17.9 Å². The van der Waals surface area contributed by atoms with Gasteiger partial charge in [-0.15, -0.1) is 24.8 Å². The van der Waals surface area contributed by atoms with Crippen molar-refractivity contribution in [2.75, 3.05) is 6.61 Å². The average Bonchev–Trinajstić information content (AvgIpc) is 2.30. The van der Waals surface area contributed by atoms with E-state index >= 15 is 0 Å². The highest BCUT2D eigenvalue weighted by Crippen LogP contribution is 2.24. The minimum atomic E-state index is -5.03. The molecule has 5 nitrogen and oxygen atoms in total. The van der Waals surface area contributed by atoms with E-state index in [1.807, 2.05) is 4.98 Å². The van der Waals surface area contributed by atoms with Gasteiger partial charge in [0.25, 0.3) is 5.56 Å². The van der Waals surface area contributed by atoms with E-state index in [0.717, 1.165) is 6.07 Å². The number of alkyl halides is 4. The molecule has 0 saturated carbocycles. The van der Waals surface area contributed by atoms with Crippen LogP contribution in [0, 0.1) is 0 Å². The first kappa shape index (κ1) is 15.4. The number of halogens is 4. The number of carbonyl (C=O) groups excluding carboxylic acids is 1. The smallest absolute Gasteiger partial charge is 0.461 e. The molecule has 0 unspecified atom stereocenters. The van der Waals surface area contributed by atoms with Crippen molar-refractivity contribution >= 4 is 17.6 Å². The summed E-state index contributed by atoms with van der Waals surface area (Å²) >= 11 is 5.43. The fraction of sp³-hybridized carbons (Fsp3) is 0.400. The third kappa shape index (κ3) is 4.16. The van der Waals surface area contributed by atoms with E-state index in [2.05, 4.69) is 9.47 Å². The predicted molar refractivity (Wildman–Crippen MR) is 59.3 cm³/mol. The maximum absolute atomic E-state index is 12.1. The first-order valence-corrected chi connectivity index (χ1v) is 5.57. The number of esters is 1. The molecule has 0 amide bonds. The van der Waals surface area contributed by atoms with Gasteiger partial charge in [-0.05, 0) is 13.0 Å². The van der Waals surface area contributed by atoms with Crippen LogP contribution in [0.4, 0.5) is 13.2 Å². The Bertz CT molecular complexity index is 526. The largest absolute Gasteiger partial charge is 0.573 e. The Morgan fingerprint density at radius 2 is 2.11 bits per heavy atom. The molecule has 9 heteroatoms. The van der Waals surface area contributed by atoms with Gasteiger partial charge in [0.15, 0.2) is 5.75 Å². The molecule has 0 atom stereocenters. The number of aromatic nitrogens is 1. The number of aromatic amines is 1. The van der Waals surface area contributed by atoms with Gasteiger partial charge in [0.2, 0.25) is 0 Å². The Morgan fingerprint density at radius 3 is 2.58 bits per heavy atom. The van der Waals surface area contributed by atoms with Gasteiger partial charge >= 0.3 is 12.3 Å². The Balaban J connectivity index is 3.22. The van der Waals surface area contributed by atoms with E-state index in [9.17, 15) is 22.8 Å². The minimum absolute atomic E-state index is 0.0534. The number of hydrogen-bond donors (Lipinski definition) is 1. The first-order valence-electron chi connectivity index (χ1n) is 5.03. The van der Waals surface area contributed by atoms with Gasteiger partial charge in [-0.1, -0.05) is 0 Å². The third-order valence-electron chi connectivity index (χ3n) is 1.92. The van der Waals surface area contributed by atoms with Crippen LogP contribution >= 0.6 is 11.6 Å². The van der Waals surface area contributed by atoms with Gasteiger partial charge < -0.3 is 14.5 Å². The van der Waals surface area contributed by atoms with Crippen molar-refractivity contribution < 1.29 is 27.4 Å². The molecule has 0 radical (unpaired) electrons. The number of H-pyrrole nitrogens is 1. The number of carbonyl (C=O) groups is 1. The van der Waals surface area contributed by atoms with E-state index in [4.69, 9.17) is 11.6 Å². The highest BCUT2D eigenvalue weighted by molar-refractivity contribution is 6.17. The zero-order valence-corrected chi connectivity index (χ0v) is 10.4. The lowest BCUT2D eigenvalue weighted by Gasteiger charge is -2.12. The molecule has 0 aliphatic carbocycles. The molecular formula is C10H9ClF3NO4. The molecule has 0 spiro atoms. The van der Waals surface area contributed by atoms with Crippen molar-refractivity contribution in [3.8, 4) is 5.75 Å². The van der Waals surface area contributed by atoms with Crippen molar-refractivity contribution in [1.82, 2.24) is 4.98 Å². The second kappa shape index (κ2) is 5.96. The monoisotopic (exact) mass is 299 g/mol. The standard InChI is InChI=1S/C10H9ClF3NO4/c1-2-18-9(17)6-3-5(4-11)7(8(16)15-6)19-10(12,13)14/h3H,2,4H2,1H3,(H,15,16). The Kier molecular flexibility index (Phi) is 4.82. The number of nitrogens with one attached hydrogen (secondary N) is 1.